The summed E-state index contributed by atoms with van der Waals surface area (Å²) in [5, 5.41) is 0. The van der Waals surface area contributed by atoms with E-state index in [0.717, 1.165) is 37.4 Å². The Hall–Kier alpha value is -2.20. The molecule has 1 aliphatic heterocycles. The van der Waals surface area contributed by atoms with E-state index in [1.54, 1.807) is 12.1 Å². The van der Waals surface area contributed by atoms with Crippen molar-refractivity contribution in [2.45, 2.75) is 0 Å². The van der Waals surface area contributed by atoms with Crippen molar-refractivity contribution < 1.29 is 9.18 Å². The Bertz CT molecular complexity index is 619. The lowest BCUT2D eigenvalue weighted by Crippen LogP contribution is -2.48. The van der Waals surface area contributed by atoms with E-state index in [9.17, 15) is 9.18 Å². The number of anilines is 1. The van der Waals surface area contributed by atoms with Gasteiger partial charge in [0.05, 0.1) is 6.54 Å². The van der Waals surface area contributed by atoms with Crippen LogP contribution in [0.3, 0.4) is 0 Å². The van der Waals surface area contributed by atoms with Crippen molar-refractivity contribution in [2.75, 3.05) is 37.6 Å². The molecule has 0 saturated carbocycles. The second-order valence-corrected chi connectivity index (χ2v) is 5.53. The quantitative estimate of drug-likeness (QED) is 0.811. The minimum Gasteiger partial charge on any atom is -0.369 e. The lowest BCUT2D eigenvalue weighted by Gasteiger charge is -2.35. The number of nitrogens with zero attached hydrogens (tertiary/aromatic N) is 2. The Morgan fingerprint density at radius 1 is 0.909 bits per heavy atom. The van der Waals surface area contributed by atoms with Crippen LogP contribution in [-0.4, -0.2) is 43.4 Å². The van der Waals surface area contributed by atoms with E-state index in [4.69, 9.17) is 0 Å². The second kappa shape index (κ2) is 6.71. The number of carbonyl (C=O) groups is 1. The average molecular weight is 298 g/mol. The van der Waals surface area contributed by atoms with Crippen LogP contribution in [-0.2, 0) is 0 Å². The van der Waals surface area contributed by atoms with Crippen molar-refractivity contribution >= 4 is 11.5 Å². The van der Waals surface area contributed by atoms with E-state index in [-0.39, 0.29) is 11.6 Å². The van der Waals surface area contributed by atoms with Crippen molar-refractivity contribution in [3.8, 4) is 0 Å². The van der Waals surface area contributed by atoms with Gasteiger partial charge in [-0.05, 0) is 24.3 Å². The number of benzene rings is 2. The van der Waals surface area contributed by atoms with E-state index >= 15 is 0 Å². The highest BCUT2D eigenvalue weighted by Gasteiger charge is 2.19. The number of hydrogen-bond acceptors (Lipinski definition) is 3. The molecule has 1 aliphatic rings. The molecule has 1 heterocycles. The Balaban J connectivity index is 1.53. The minimum atomic E-state index is -0.212. The summed E-state index contributed by atoms with van der Waals surface area (Å²) in [5.74, 6) is -0.0494. The largest absolute Gasteiger partial charge is 0.369 e. The van der Waals surface area contributed by atoms with E-state index in [0.29, 0.717) is 6.54 Å². The molecule has 0 N–H and O–H groups in total. The second-order valence-electron chi connectivity index (χ2n) is 5.53. The molecule has 2 aromatic rings. The fourth-order valence-electron chi connectivity index (χ4n) is 2.73. The van der Waals surface area contributed by atoms with Crippen LogP contribution in [0.2, 0.25) is 0 Å². The maximum Gasteiger partial charge on any atom is 0.176 e. The van der Waals surface area contributed by atoms with Crippen LogP contribution >= 0.6 is 0 Å². The van der Waals surface area contributed by atoms with Crippen molar-refractivity contribution in [3.63, 3.8) is 0 Å². The van der Waals surface area contributed by atoms with Crippen LogP contribution in [0.15, 0.2) is 54.6 Å². The summed E-state index contributed by atoms with van der Waals surface area (Å²) in [4.78, 5) is 16.6. The first kappa shape index (κ1) is 14.7. The molecule has 0 unspecified atom stereocenters. The third kappa shape index (κ3) is 3.52. The summed E-state index contributed by atoms with van der Waals surface area (Å²) < 4.78 is 13.0. The maximum atomic E-state index is 13.0. The van der Waals surface area contributed by atoms with E-state index < -0.39 is 0 Å². The van der Waals surface area contributed by atoms with Gasteiger partial charge in [0, 0.05) is 37.4 Å². The van der Waals surface area contributed by atoms with E-state index in [1.807, 2.05) is 30.3 Å². The molecule has 1 fully saturated rings. The Labute approximate surface area is 130 Å². The zero-order chi connectivity index (χ0) is 15.4. The SMILES string of the molecule is O=C(CN1CCN(c2ccc(F)cc2)CC1)c1ccccc1. The van der Waals surface area contributed by atoms with Crippen LogP contribution < -0.4 is 4.90 Å². The lowest BCUT2D eigenvalue weighted by atomic mass is 10.1. The van der Waals surface area contributed by atoms with E-state index in [1.165, 1.54) is 12.1 Å². The Morgan fingerprint density at radius 3 is 2.18 bits per heavy atom. The number of carbonyl (C=O) groups excluding carboxylic acids is 1. The highest BCUT2D eigenvalue weighted by Crippen LogP contribution is 2.17. The molecule has 0 aliphatic carbocycles. The Kier molecular flexibility index (Phi) is 4.49. The molecule has 0 atom stereocenters. The van der Waals surface area contributed by atoms with Gasteiger partial charge in [-0.15, -0.1) is 0 Å². The summed E-state index contributed by atoms with van der Waals surface area (Å²) >= 11 is 0. The van der Waals surface area contributed by atoms with Gasteiger partial charge in [-0.25, -0.2) is 4.39 Å². The number of Topliss-reactive ketones (excluding diaryl/α,β-unsaturated/α-hetero) is 1. The monoisotopic (exact) mass is 298 g/mol. The molecule has 2 aromatic carbocycles. The zero-order valence-electron chi connectivity index (χ0n) is 12.4. The van der Waals surface area contributed by atoms with Crippen molar-refractivity contribution in [1.82, 2.24) is 4.90 Å². The highest BCUT2D eigenvalue weighted by atomic mass is 19.1. The van der Waals surface area contributed by atoms with Gasteiger partial charge in [-0.1, -0.05) is 30.3 Å². The third-order valence-corrected chi connectivity index (χ3v) is 4.03. The molecule has 0 radical (unpaired) electrons. The van der Waals surface area contributed by atoms with Crippen molar-refractivity contribution in [3.05, 3.63) is 66.0 Å². The standard InChI is InChI=1S/C18H19FN2O/c19-16-6-8-17(9-7-16)21-12-10-20(11-13-21)14-18(22)15-4-2-1-3-5-15/h1-9H,10-14H2. The molecule has 3 rings (SSSR count). The maximum absolute atomic E-state index is 13.0. The van der Waals surface area contributed by atoms with Gasteiger partial charge >= 0.3 is 0 Å². The van der Waals surface area contributed by atoms with Crippen LogP contribution in [0, 0.1) is 5.82 Å². The van der Waals surface area contributed by atoms with Crippen LogP contribution in [0.1, 0.15) is 10.4 Å². The van der Waals surface area contributed by atoms with Crippen LogP contribution in [0.25, 0.3) is 0 Å². The summed E-state index contributed by atoms with van der Waals surface area (Å²) in [6.45, 7) is 3.86. The fourth-order valence-corrected chi connectivity index (χ4v) is 2.73. The molecule has 114 valence electrons. The van der Waals surface area contributed by atoms with Crippen LogP contribution in [0.4, 0.5) is 10.1 Å². The first-order valence-corrected chi connectivity index (χ1v) is 7.53. The summed E-state index contributed by atoms with van der Waals surface area (Å²) in [5.41, 5.74) is 1.80. The normalized spacial score (nSPS) is 15.8. The predicted molar refractivity (Wildman–Crippen MR) is 85.8 cm³/mol. The van der Waals surface area contributed by atoms with Gasteiger partial charge in [0.2, 0.25) is 0 Å². The Morgan fingerprint density at radius 2 is 1.55 bits per heavy atom. The first-order chi connectivity index (χ1) is 10.7. The van der Waals surface area contributed by atoms with Crippen molar-refractivity contribution in [1.29, 1.82) is 0 Å². The van der Waals surface area contributed by atoms with Gasteiger partial charge in [0.25, 0.3) is 0 Å². The molecular weight excluding hydrogens is 279 g/mol. The fraction of sp³-hybridized carbons (Fsp3) is 0.278. The molecule has 0 bridgehead atoms. The molecule has 1 saturated heterocycles. The van der Waals surface area contributed by atoms with E-state index in [2.05, 4.69) is 9.80 Å². The van der Waals surface area contributed by atoms with Gasteiger partial charge in [-0.2, -0.15) is 0 Å². The number of rotatable bonds is 4. The molecule has 0 amide bonds. The number of ketones is 1. The number of hydrogen-bond donors (Lipinski definition) is 0. The average Bonchev–Trinajstić information content (AvgIpc) is 2.57. The molecular formula is C18H19FN2O. The predicted octanol–water partition coefficient (Wildman–Crippen LogP) is 2.83. The minimum absolute atomic E-state index is 0.163. The molecule has 0 aromatic heterocycles. The third-order valence-electron chi connectivity index (χ3n) is 4.03. The molecule has 4 heteroatoms. The molecule has 3 nitrogen and oxygen atoms in total. The van der Waals surface area contributed by atoms with Gasteiger partial charge in [0.15, 0.2) is 5.78 Å². The number of piperazine rings is 1. The smallest absolute Gasteiger partial charge is 0.176 e. The summed E-state index contributed by atoms with van der Waals surface area (Å²) in [7, 11) is 0. The van der Waals surface area contributed by atoms with Gasteiger partial charge in [0.1, 0.15) is 5.82 Å². The van der Waals surface area contributed by atoms with Gasteiger partial charge < -0.3 is 4.90 Å². The first-order valence-electron chi connectivity index (χ1n) is 7.53. The summed E-state index contributed by atoms with van der Waals surface area (Å²) in [6, 6.07) is 16.0. The molecule has 0 spiro atoms. The van der Waals surface area contributed by atoms with Crippen molar-refractivity contribution in [2.24, 2.45) is 0 Å². The topological polar surface area (TPSA) is 23.6 Å². The van der Waals surface area contributed by atoms with Crippen LogP contribution in [0.5, 0.6) is 0 Å². The highest BCUT2D eigenvalue weighted by molar-refractivity contribution is 5.97. The number of halogens is 1. The van der Waals surface area contributed by atoms with Gasteiger partial charge in [-0.3, -0.25) is 9.69 Å². The zero-order valence-corrected chi connectivity index (χ0v) is 12.4. The summed E-state index contributed by atoms with van der Waals surface area (Å²) in [6.07, 6.45) is 0. The lowest BCUT2D eigenvalue weighted by molar-refractivity contribution is 0.0926. The molecule has 22 heavy (non-hydrogen) atoms.